The first-order valence-corrected chi connectivity index (χ1v) is 9.53. The number of phenolic OH excluding ortho intramolecular Hbond substituents is 1. The smallest absolute Gasteiger partial charge is 0.267 e. The number of rotatable bonds is 4. The summed E-state index contributed by atoms with van der Waals surface area (Å²) in [6.45, 7) is 7.52. The number of phenols is 1. The number of carbonyl (C=O) groups is 2. The number of benzene rings is 2. The summed E-state index contributed by atoms with van der Waals surface area (Å²) in [6.07, 6.45) is 1.42. The molecule has 0 aliphatic rings. The molecule has 0 saturated carbocycles. The predicted molar refractivity (Wildman–Crippen MR) is 112 cm³/mol. The van der Waals surface area contributed by atoms with E-state index in [-0.39, 0.29) is 17.6 Å². The minimum Gasteiger partial charge on any atom is -0.508 e. The van der Waals surface area contributed by atoms with Gasteiger partial charge in [0.2, 0.25) is 0 Å². The van der Waals surface area contributed by atoms with Gasteiger partial charge in [-0.3, -0.25) is 14.9 Å². The minimum absolute atomic E-state index is 0.117. The molecule has 2 amide bonds. The van der Waals surface area contributed by atoms with E-state index in [9.17, 15) is 14.7 Å². The normalized spacial score (nSPS) is 10.6. The first-order chi connectivity index (χ1) is 13.3. The highest BCUT2D eigenvalue weighted by molar-refractivity contribution is 7.17. The van der Waals surface area contributed by atoms with Crippen molar-refractivity contribution in [1.29, 1.82) is 0 Å². The van der Waals surface area contributed by atoms with Gasteiger partial charge < -0.3 is 10.4 Å². The highest BCUT2D eigenvalue weighted by Gasteiger charge is 2.16. The molecule has 0 spiro atoms. The van der Waals surface area contributed by atoms with Crippen molar-refractivity contribution in [2.24, 2.45) is 0 Å². The summed E-state index contributed by atoms with van der Waals surface area (Å²) in [4.78, 5) is 29.4. The molecular formula is C21H21N3O3S. The summed E-state index contributed by atoms with van der Waals surface area (Å²) in [5, 5.41) is 15.7. The lowest BCUT2D eigenvalue weighted by molar-refractivity contribution is 0.102. The molecule has 6 nitrogen and oxygen atoms in total. The van der Waals surface area contributed by atoms with Crippen LogP contribution in [0.3, 0.4) is 0 Å². The van der Waals surface area contributed by atoms with Gasteiger partial charge in [0, 0.05) is 11.1 Å². The zero-order chi connectivity index (χ0) is 20.4. The van der Waals surface area contributed by atoms with Gasteiger partial charge in [0.15, 0.2) is 5.13 Å². The second-order valence-electron chi connectivity index (χ2n) is 6.64. The Balaban J connectivity index is 1.73. The van der Waals surface area contributed by atoms with Crippen molar-refractivity contribution in [3.63, 3.8) is 0 Å². The number of aromatic nitrogens is 1. The SMILES string of the molecule is Cc1ccc(C(=O)Nc2ncc(C(=O)Nc3c(C)ccc(O)c3C)s2)cc1C. The Kier molecular flexibility index (Phi) is 5.46. The van der Waals surface area contributed by atoms with Crippen LogP contribution < -0.4 is 10.6 Å². The third-order valence-electron chi connectivity index (χ3n) is 4.60. The lowest BCUT2D eigenvalue weighted by Crippen LogP contribution is -2.12. The molecule has 2 aromatic carbocycles. The van der Waals surface area contributed by atoms with E-state index in [1.165, 1.54) is 6.20 Å². The van der Waals surface area contributed by atoms with Crippen LogP contribution in [-0.2, 0) is 0 Å². The van der Waals surface area contributed by atoms with Gasteiger partial charge in [-0.15, -0.1) is 0 Å². The van der Waals surface area contributed by atoms with Crippen LogP contribution in [0.4, 0.5) is 10.8 Å². The summed E-state index contributed by atoms with van der Waals surface area (Å²) in [5.41, 5.74) is 4.69. The monoisotopic (exact) mass is 395 g/mol. The summed E-state index contributed by atoms with van der Waals surface area (Å²) in [6, 6.07) is 8.80. The fraction of sp³-hybridized carbons (Fsp3) is 0.190. The Morgan fingerprint density at radius 2 is 1.64 bits per heavy atom. The first kappa shape index (κ1) is 19.6. The molecule has 0 aliphatic heterocycles. The van der Waals surface area contributed by atoms with E-state index in [0.29, 0.717) is 26.8 Å². The second-order valence-corrected chi connectivity index (χ2v) is 7.67. The van der Waals surface area contributed by atoms with Gasteiger partial charge in [-0.25, -0.2) is 4.98 Å². The maximum atomic E-state index is 12.5. The van der Waals surface area contributed by atoms with Crippen LogP contribution in [0.5, 0.6) is 5.75 Å². The second kappa shape index (κ2) is 7.82. The fourth-order valence-corrected chi connectivity index (χ4v) is 3.40. The third kappa shape index (κ3) is 4.04. The Labute approximate surface area is 167 Å². The van der Waals surface area contributed by atoms with E-state index in [0.717, 1.165) is 28.0 Å². The van der Waals surface area contributed by atoms with Crippen molar-refractivity contribution in [1.82, 2.24) is 4.98 Å². The first-order valence-electron chi connectivity index (χ1n) is 8.71. The zero-order valence-corrected chi connectivity index (χ0v) is 16.9. The lowest BCUT2D eigenvalue weighted by atomic mass is 10.1. The predicted octanol–water partition coefficient (Wildman–Crippen LogP) is 4.59. The van der Waals surface area contributed by atoms with Gasteiger partial charge in [0.05, 0.1) is 11.9 Å². The number of hydrogen-bond donors (Lipinski definition) is 3. The molecule has 7 heteroatoms. The van der Waals surface area contributed by atoms with Gasteiger partial charge >= 0.3 is 0 Å². The summed E-state index contributed by atoms with van der Waals surface area (Å²) < 4.78 is 0. The molecule has 1 heterocycles. The Hall–Kier alpha value is -3.19. The molecule has 0 saturated heterocycles. The molecule has 3 rings (SSSR count). The average Bonchev–Trinajstić information content (AvgIpc) is 3.12. The largest absolute Gasteiger partial charge is 0.508 e. The van der Waals surface area contributed by atoms with E-state index in [2.05, 4.69) is 15.6 Å². The van der Waals surface area contributed by atoms with E-state index in [1.54, 1.807) is 25.1 Å². The molecule has 1 aromatic heterocycles. The quantitative estimate of drug-likeness (QED) is 0.603. The van der Waals surface area contributed by atoms with Crippen molar-refractivity contribution in [3.8, 4) is 5.75 Å². The van der Waals surface area contributed by atoms with Gasteiger partial charge in [-0.05, 0) is 62.6 Å². The fourth-order valence-electron chi connectivity index (χ4n) is 2.69. The van der Waals surface area contributed by atoms with E-state index in [4.69, 9.17) is 0 Å². The highest BCUT2D eigenvalue weighted by Crippen LogP contribution is 2.29. The molecular weight excluding hydrogens is 374 g/mol. The maximum absolute atomic E-state index is 12.5. The standard InChI is InChI=1S/C21H21N3O3S/c1-11-5-7-15(9-13(11)3)19(26)24-21-22-10-17(28-21)20(27)23-18-12(2)6-8-16(25)14(18)4/h5-10,25H,1-4H3,(H,23,27)(H,22,24,26). The number of hydrogen-bond acceptors (Lipinski definition) is 5. The molecule has 0 radical (unpaired) electrons. The number of thiazole rings is 1. The number of carbonyl (C=O) groups excluding carboxylic acids is 2. The highest BCUT2D eigenvalue weighted by atomic mass is 32.1. The van der Waals surface area contributed by atoms with E-state index >= 15 is 0 Å². The van der Waals surface area contributed by atoms with Crippen molar-refractivity contribution in [2.45, 2.75) is 27.7 Å². The molecule has 0 atom stereocenters. The van der Waals surface area contributed by atoms with Crippen LogP contribution in [0.2, 0.25) is 0 Å². The van der Waals surface area contributed by atoms with Crippen LogP contribution in [0.25, 0.3) is 0 Å². The maximum Gasteiger partial charge on any atom is 0.267 e. The molecule has 144 valence electrons. The number of aromatic hydroxyl groups is 1. The van der Waals surface area contributed by atoms with Crippen LogP contribution in [0.1, 0.15) is 42.3 Å². The van der Waals surface area contributed by atoms with Gasteiger partial charge in [0.1, 0.15) is 10.6 Å². The van der Waals surface area contributed by atoms with Crippen molar-refractivity contribution in [3.05, 3.63) is 69.2 Å². The molecule has 0 bridgehead atoms. The molecule has 3 aromatic rings. The molecule has 3 N–H and O–H groups in total. The van der Waals surface area contributed by atoms with Gasteiger partial charge in [-0.2, -0.15) is 0 Å². The Morgan fingerprint density at radius 3 is 2.36 bits per heavy atom. The number of nitrogens with zero attached hydrogens (tertiary/aromatic N) is 1. The zero-order valence-electron chi connectivity index (χ0n) is 16.1. The number of nitrogens with one attached hydrogen (secondary N) is 2. The number of aryl methyl sites for hydroxylation is 3. The number of amides is 2. The van der Waals surface area contributed by atoms with Crippen LogP contribution in [-0.4, -0.2) is 21.9 Å². The van der Waals surface area contributed by atoms with Crippen LogP contribution in [0.15, 0.2) is 36.5 Å². The van der Waals surface area contributed by atoms with E-state index < -0.39 is 0 Å². The van der Waals surface area contributed by atoms with Crippen LogP contribution >= 0.6 is 11.3 Å². The minimum atomic E-state index is -0.346. The van der Waals surface area contributed by atoms with E-state index in [1.807, 2.05) is 32.9 Å². The third-order valence-corrected chi connectivity index (χ3v) is 5.51. The Morgan fingerprint density at radius 1 is 0.929 bits per heavy atom. The van der Waals surface area contributed by atoms with Crippen molar-refractivity contribution in [2.75, 3.05) is 10.6 Å². The molecule has 0 unspecified atom stereocenters. The van der Waals surface area contributed by atoms with Crippen LogP contribution in [0, 0.1) is 27.7 Å². The topological polar surface area (TPSA) is 91.3 Å². The van der Waals surface area contributed by atoms with Crippen molar-refractivity contribution < 1.29 is 14.7 Å². The molecule has 0 aliphatic carbocycles. The van der Waals surface area contributed by atoms with Gasteiger partial charge in [0.25, 0.3) is 11.8 Å². The lowest BCUT2D eigenvalue weighted by Gasteiger charge is -2.11. The molecule has 28 heavy (non-hydrogen) atoms. The summed E-state index contributed by atoms with van der Waals surface area (Å²) >= 11 is 1.09. The Bertz CT molecular complexity index is 1070. The summed E-state index contributed by atoms with van der Waals surface area (Å²) in [7, 11) is 0. The number of anilines is 2. The summed E-state index contributed by atoms with van der Waals surface area (Å²) in [5.74, 6) is -0.503. The average molecular weight is 395 g/mol. The van der Waals surface area contributed by atoms with Gasteiger partial charge in [-0.1, -0.05) is 23.5 Å². The molecule has 0 fully saturated rings. The van der Waals surface area contributed by atoms with Crippen molar-refractivity contribution >= 4 is 34.0 Å².